The predicted octanol–water partition coefficient (Wildman–Crippen LogP) is 4.21. The maximum atomic E-state index is 12.5. The summed E-state index contributed by atoms with van der Waals surface area (Å²) in [5, 5.41) is 13.3. The van der Waals surface area contributed by atoms with Crippen LogP contribution in [0.5, 0.6) is 0 Å². The van der Waals surface area contributed by atoms with Crippen molar-refractivity contribution in [3.63, 3.8) is 0 Å². The Labute approximate surface area is 168 Å². The van der Waals surface area contributed by atoms with Crippen molar-refractivity contribution in [3.8, 4) is 0 Å². The third-order valence-electron chi connectivity index (χ3n) is 5.07. The molecule has 1 fully saturated rings. The summed E-state index contributed by atoms with van der Waals surface area (Å²) in [5.41, 5.74) is 2.72. The van der Waals surface area contributed by atoms with Crippen LogP contribution in [0.1, 0.15) is 30.4 Å². The molecular formula is C22H22N4O3. The molecule has 1 aliphatic rings. The van der Waals surface area contributed by atoms with Gasteiger partial charge in [0.2, 0.25) is 0 Å². The summed E-state index contributed by atoms with van der Waals surface area (Å²) >= 11 is 0. The van der Waals surface area contributed by atoms with Crippen LogP contribution in [0.25, 0.3) is 22.7 Å². The van der Waals surface area contributed by atoms with E-state index in [0.29, 0.717) is 22.5 Å². The molecule has 0 bridgehead atoms. The van der Waals surface area contributed by atoms with Crippen molar-refractivity contribution in [2.24, 2.45) is 0 Å². The van der Waals surface area contributed by atoms with Crippen molar-refractivity contribution in [1.82, 2.24) is 14.9 Å². The molecule has 0 aliphatic carbocycles. The summed E-state index contributed by atoms with van der Waals surface area (Å²) in [4.78, 5) is 33.5. The first-order valence-corrected chi connectivity index (χ1v) is 9.65. The molecule has 0 spiro atoms. The Hall–Kier alpha value is -3.61. The maximum absolute atomic E-state index is 12.5. The highest BCUT2D eigenvalue weighted by molar-refractivity contribution is 6.21. The fraction of sp³-hybridized carbons (Fsp3) is 0.227. The number of urea groups is 1. The van der Waals surface area contributed by atoms with Crippen molar-refractivity contribution in [2.45, 2.75) is 19.3 Å². The highest BCUT2D eigenvalue weighted by Crippen LogP contribution is 2.26. The predicted molar refractivity (Wildman–Crippen MR) is 112 cm³/mol. The number of carboxylic acid groups (broad SMARTS) is 1. The van der Waals surface area contributed by atoms with E-state index >= 15 is 0 Å². The minimum atomic E-state index is -1.01. The summed E-state index contributed by atoms with van der Waals surface area (Å²) < 4.78 is 0. The van der Waals surface area contributed by atoms with E-state index < -0.39 is 5.97 Å². The Morgan fingerprint density at radius 1 is 1.14 bits per heavy atom. The number of benzene rings is 1. The number of fused-ring (bicyclic) bond motifs is 1. The first-order valence-electron chi connectivity index (χ1n) is 9.65. The fourth-order valence-electron chi connectivity index (χ4n) is 3.55. The van der Waals surface area contributed by atoms with Gasteiger partial charge < -0.3 is 20.3 Å². The second-order valence-corrected chi connectivity index (χ2v) is 7.07. The third-order valence-corrected chi connectivity index (χ3v) is 5.07. The number of piperidine rings is 1. The maximum Gasteiger partial charge on any atom is 0.336 e. The molecule has 0 atom stereocenters. The summed E-state index contributed by atoms with van der Waals surface area (Å²) in [6, 6.07) is 10.7. The van der Waals surface area contributed by atoms with Crippen molar-refractivity contribution in [1.29, 1.82) is 0 Å². The SMILES string of the molecule is O=C(O)/C(=C\c1c[nH]c2ncc(NC(=O)N3CCCCC3)cc12)c1ccccc1. The minimum absolute atomic E-state index is 0.131. The van der Waals surface area contributed by atoms with E-state index in [0.717, 1.165) is 37.7 Å². The van der Waals surface area contributed by atoms with Gasteiger partial charge in [0.25, 0.3) is 0 Å². The van der Waals surface area contributed by atoms with Crippen molar-refractivity contribution >= 4 is 40.4 Å². The van der Waals surface area contributed by atoms with Gasteiger partial charge in [-0.3, -0.25) is 0 Å². The number of amides is 2. The molecule has 1 aliphatic heterocycles. The number of aromatic amines is 1. The zero-order valence-electron chi connectivity index (χ0n) is 15.9. The molecule has 1 saturated heterocycles. The number of hydrogen-bond donors (Lipinski definition) is 3. The highest BCUT2D eigenvalue weighted by atomic mass is 16.4. The monoisotopic (exact) mass is 390 g/mol. The molecule has 1 aromatic carbocycles. The molecule has 0 saturated carbocycles. The van der Waals surface area contributed by atoms with Crippen LogP contribution in [0.4, 0.5) is 10.5 Å². The standard InChI is InChI=1S/C22H22N4O3/c27-21(28)19(15-7-3-1-4-8-15)11-16-13-23-20-18(16)12-17(14-24-20)25-22(29)26-9-5-2-6-10-26/h1,3-4,7-8,11-14H,2,5-6,9-10H2,(H,23,24)(H,25,29)(H,27,28)/b19-11-. The molecule has 3 aromatic rings. The lowest BCUT2D eigenvalue weighted by molar-refractivity contribution is -0.130. The molecule has 2 aromatic heterocycles. The molecule has 2 amide bonds. The zero-order chi connectivity index (χ0) is 20.2. The smallest absolute Gasteiger partial charge is 0.336 e. The van der Waals surface area contributed by atoms with Crippen LogP contribution in [-0.4, -0.2) is 45.1 Å². The first kappa shape index (κ1) is 18.7. The van der Waals surface area contributed by atoms with Crippen LogP contribution in [0.15, 0.2) is 48.8 Å². The summed E-state index contributed by atoms with van der Waals surface area (Å²) in [6.07, 6.45) is 8.14. The second kappa shape index (κ2) is 8.18. The van der Waals surface area contributed by atoms with Gasteiger partial charge in [-0.15, -0.1) is 0 Å². The van der Waals surface area contributed by atoms with Crippen LogP contribution >= 0.6 is 0 Å². The second-order valence-electron chi connectivity index (χ2n) is 7.07. The van der Waals surface area contributed by atoms with Gasteiger partial charge in [0, 0.05) is 30.2 Å². The van der Waals surface area contributed by atoms with Gasteiger partial charge in [-0.2, -0.15) is 0 Å². The number of nitrogens with one attached hydrogen (secondary N) is 2. The van der Waals surface area contributed by atoms with Gasteiger partial charge in [-0.05, 0) is 37.0 Å². The van der Waals surface area contributed by atoms with Crippen LogP contribution in [0, 0.1) is 0 Å². The average molecular weight is 390 g/mol. The van der Waals surface area contributed by atoms with Gasteiger partial charge in [0.1, 0.15) is 5.65 Å². The number of anilines is 1. The molecule has 7 heteroatoms. The van der Waals surface area contributed by atoms with E-state index in [-0.39, 0.29) is 11.6 Å². The van der Waals surface area contributed by atoms with Gasteiger partial charge in [-0.1, -0.05) is 30.3 Å². The number of hydrogen-bond acceptors (Lipinski definition) is 3. The Morgan fingerprint density at radius 3 is 2.62 bits per heavy atom. The van der Waals surface area contributed by atoms with E-state index in [9.17, 15) is 14.7 Å². The number of pyridine rings is 1. The summed E-state index contributed by atoms with van der Waals surface area (Å²) in [7, 11) is 0. The molecule has 29 heavy (non-hydrogen) atoms. The summed E-state index contributed by atoms with van der Waals surface area (Å²) in [6.45, 7) is 1.53. The van der Waals surface area contributed by atoms with Gasteiger partial charge >= 0.3 is 12.0 Å². The van der Waals surface area contributed by atoms with Gasteiger partial charge in [0.15, 0.2) is 0 Å². The van der Waals surface area contributed by atoms with Gasteiger partial charge in [-0.25, -0.2) is 14.6 Å². The van der Waals surface area contributed by atoms with E-state index in [1.165, 1.54) is 0 Å². The number of aromatic nitrogens is 2. The van der Waals surface area contributed by atoms with Crippen LogP contribution in [-0.2, 0) is 4.79 Å². The molecular weight excluding hydrogens is 368 g/mol. The van der Waals surface area contributed by atoms with E-state index in [2.05, 4.69) is 15.3 Å². The number of carbonyl (C=O) groups is 2. The lowest BCUT2D eigenvalue weighted by Crippen LogP contribution is -2.38. The lowest BCUT2D eigenvalue weighted by Gasteiger charge is -2.26. The fourth-order valence-corrected chi connectivity index (χ4v) is 3.55. The molecule has 3 N–H and O–H groups in total. The number of carboxylic acids is 1. The average Bonchev–Trinajstić information content (AvgIpc) is 3.15. The van der Waals surface area contributed by atoms with Crippen molar-refractivity contribution < 1.29 is 14.7 Å². The zero-order valence-corrected chi connectivity index (χ0v) is 15.9. The van der Waals surface area contributed by atoms with Crippen LogP contribution in [0.2, 0.25) is 0 Å². The Kier molecular flexibility index (Phi) is 5.29. The lowest BCUT2D eigenvalue weighted by atomic mass is 10.0. The van der Waals surface area contributed by atoms with Crippen LogP contribution in [0.3, 0.4) is 0 Å². The number of nitrogens with zero attached hydrogens (tertiary/aromatic N) is 2. The normalized spacial score (nSPS) is 14.8. The number of rotatable bonds is 4. The Bertz CT molecular complexity index is 1070. The number of aliphatic carboxylic acids is 1. The molecule has 0 unspecified atom stereocenters. The van der Waals surface area contributed by atoms with E-state index in [1.807, 2.05) is 17.0 Å². The molecule has 3 heterocycles. The Balaban J connectivity index is 1.64. The van der Waals surface area contributed by atoms with Crippen molar-refractivity contribution in [2.75, 3.05) is 18.4 Å². The Morgan fingerprint density at radius 2 is 1.90 bits per heavy atom. The quantitative estimate of drug-likeness (QED) is 0.581. The first-order chi connectivity index (χ1) is 14.1. The summed E-state index contributed by atoms with van der Waals surface area (Å²) in [5.74, 6) is -1.01. The molecule has 0 radical (unpaired) electrons. The van der Waals surface area contributed by atoms with E-state index in [4.69, 9.17) is 0 Å². The molecule has 4 rings (SSSR count). The topological polar surface area (TPSA) is 98.3 Å². The largest absolute Gasteiger partial charge is 0.478 e. The van der Waals surface area contributed by atoms with E-state index in [1.54, 1.807) is 42.7 Å². The third kappa shape index (κ3) is 4.13. The minimum Gasteiger partial charge on any atom is -0.478 e. The number of likely N-dealkylation sites (tertiary alicyclic amines) is 1. The number of H-pyrrole nitrogens is 1. The molecule has 148 valence electrons. The van der Waals surface area contributed by atoms with Crippen LogP contribution < -0.4 is 5.32 Å². The molecule has 7 nitrogen and oxygen atoms in total. The highest BCUT2D eigenvalue weighted by Gasteiger charge is 2.17. The van der Waals surface area contributed by atoms with Gasteiger partial charge in [0.05, 0.1) is 17.5 Å². The van der Waals surface area contributed by atoms with Crippen molar-refractivity contribution in [3.05, 3.63) is 59.9 Å². The number of carbonyl (C=O) groups excluding carboxylic acids is 1.